The van der Waals surface area contributed by atoms with Crippen LogP contribution >= 0.6 is 24.0 Å². The first-order valence-electron chi connectivity index (χ1n) is 9.31. The minimum atomic E-state index is -0.526. The van der Waals surface area contributed by atoms with E-state index in [-0.39, 0.29) is 24.0 Å². The van der Waals surface area contributed by atoms with Crippen molar-refractivity contribution in [2.24, 2.45) is 22.6 Å². The van der Waals surface area contributed by atoms with E-state index in [9.17, 15) is 5.11 Å². The molecule has 2 fully saturated rings. The number of nitrogens with one attached hydrogen (secondary N) is 1. The van der Waals surface area contributed by atoms with Gasteiger partial charge in [0, 0.05) is 24.7 Å². The summed E-state index contributed by atoms with van der Waals surface area (Å²) in [5.74, 6) is 3.03. The van der Waals surface area contributed by atoms with E-state index >= 15 is 0 Å². The molecule has 2 saturated carbocycles. The third-order valence-electron chi connectivity index (χ3n) is 5.79. The number of hydrogen-bond acceptors (Lipinski definition) is 4. The molecule has 0 spiro atoms. The Hall–Kier alpha value is -1.22. The Labute approximate surface area is 171 Å². The molecule has 0 amide bonds. The maximum Gasteiger partial charge on any atom is 0.193 e. The van der Waals surface area contributed by atoms with Gasteiger partial charge in [-0.15, -0.1) is 24.0 Å². The molecule has 0 aromatic heterocycles. The van der Waals surface area contributed by atoms with Gasteiger partial charge in [0.05, 0.1) is 18.8 Å². The van der Waals surface area contributed by atoms with Crippen LogP contribution in [0.5, 0.6) is 11.5 Å². The van der Waals surface area contributed by atoms with Gasteiger partial charge in [-0.05, 0) is 56.1 Å². The Morgan fingerprint density at radius 1 is 1.27 bits per heavy atom. The van der Waals surface area contributed by atoms with Crippen LogP contribution in [0.2, 0.25) is 0 Å². The zero-order valence-corrected chi connectivity index (χ0v) is 17.3. The van der Waals surface area contributed by atoms with Gasteiger partial charge in [-0.1, -0.05) is 0 Å². The topological polar surface area (TPSA) is 89.1 Å². The zero-order valence-electron chi connectivity index (χ0n) is 14.9. The normalized spacial score (nSPS) is 29.8. The summed E-state index contributed by atoms with van der Waals surface area (Å²) < 4.78 is 11.3. The van der Waals surface area contributed by atoms with E-state index in [1.165, 1.54) is 12.8 Å². The molecule has 0 saturated heterocycles. The summed E-state index contributed by atoms with van der Waals surface area (Å²) >= 11 is 0. The van der Waals surface area contributed by atoms with E-state index in [0.717, 1.165) is 42.4 Å². The Balaban J connectivity index is 0.00000196. The lowest BCUT2D eigenvalue weighted by Crippen LogP contribution is -2.36. The number of benzene rings is 1. The summed E-state index contributed by atoms with van der Waals surface area (Å²) in [6, 6.07) is 5.67. The quantitative estimate of drug-likeness (QED) is 0.355. The number of hydrogen-bond donors (Lipinski definition) is 3. The van der Waals surface area contributed by atoms with Crippen molar-refractivity contribution in [3.63, 3.8) is 0 Å². The van der Waals surface area contributed by atoms with Crippen LogP contribution < -0.4 is 20.5 Å². The third kappa shape index (κ3) is 4.19. The van der Waals surface area contributed by atoms with Crippen molar-refractivity contribution in [1.29, 1.82) is 0 Å². The van der Waals surface area contributed by atoms with Gasteiger partial charge in [-0.25, -0.2) is 0 Å². The van der Waals surface area contributed by atoms with Crippen LogP contribution in [0.25, 0.3) is 0 Å². The maximum atomic E-state index is 10.8. The molecule has 2 aliphatic carbocycles. The van der Waals surface area contributed by atoms with Crippen molar-refractivity contribution in [3.05, 3.63) is 18.2 Å². The molecule has 3 aliphatic rings. The Morgan fingerprint density at radius 3 is 2.81 bits per heavy atom. The van der Waals surface area contributed by atoms with Crippen molar-refractivity contribution < 1.29 is 14.6 Å². The van der Waals surface area contributed by atoms with Crippen molar-refractivity contribution in [2.75, 3.05) is 25.1 Å². The lowest BCUT2D eigenvalue weighted by molar-refractivity contribution is -0.0181. The van der Waals surface area contributed by atoms with Gasteiger partial charge in [0.1, 0.15) is 0 Å². The summed E-state index contributed by atoms with van der Waals surface area (Å²) in [5, 5.41) is 13.9. The van der Waals surface area contributed by atoms with Crippen LogP contribution in [0, 0.1) is 11.8 Å². The molecule has 4 N–H and O–H groups in total. The van der Waals surface area contributed by atoms with Crippen LogP contribution in [-0.2, 0) is 0 Å². The van der Waals surface area contributed by atoms with Crippen LogP contribution in [0.4, 0.5) is 5.69 Å². The third-order valence-corrected chi connectivity index (χ3v) is 5.79. The molecule has 1 aliphatic heterocycles. The van der Waals surface area contributed by atoms with Gasteiger partial charge in [0.15, 0.2) is 17.5 Å². The monoisotopic (exact) mass is 473 g/mol. The number of guanidine groups is 1. The second-order valence-corrected chi connectivity index (χ2v) is 7.54. The van der Waals surface area contributed by atoms with E-state index < -0.39 is 5.60 Å². The van der Waals surface area contributed by atoms with E-state index in [1.54, 1.807) is 0 Å². The largest absolute Gasteiger partial charge is 0.490 e. The van der Waals surface area contributed by atoms with Gasteiger partial charge < -0.3 is 25.6 Å². The second-order valence-electron chi connectivity index (χ2n) is 7.54. The molecule has 2 bridgehead atoms. The molecule has 1 aromatic rings. The summed E-state index contributed by atoms with van der Waals surface area (Å²) in [6.07, 6.45) is 6.14. The summed E-state index contributed by atoms with van der Waals surface area (Å²) in [7, 11) is 0. The van der Waals surface area contributed by atoms with Crippen molar-refractivity contribution in [1.82, 2.24) is 0 Å². The molecule has 26 heavy (non-hydrogen) atoms. The Bertz CT molecular complexity index is 669. The average Bonchev–Trinajstić information content (AvgIpc) is 3.08. The lowest BCUT2D eigenvalue weighted by atomic mass is 9.82. The zero-order chi connectivity index (χ0) is 17.3. The molecular formula is C19H28IN3O3. The second kappa shape index (κ2) is 8.21. The minimum absolute atomic E-state index is 0. The number of halogens is 1. The highest BCUT2D eigenvalue weighted by molar-refractivity contribution is 14.0. The average molecular weight is 473 g/mol. The highest BCUT2D eigenvalue weighted by Crippen LogP contribution is 2.52. The van der Waals surface area contributed by atoms with Gasteiger partial charge >= 0.3 is 0 Å². The van der Waals surface area contributed by atoms with E-state index in [0.29, 0.717) is 38.1 Å². The fourth-order valence-corrected chi connectivity index (χ4v) is 4.52. The number of nitrogens with two attached hydrogens (primary N) is 1. The predicted octanol–water partition coefficient (Wildman–Crippen LogP) is 3.13. The van der Waals surface area contributed by atoms with Crippen molar-refractivity contribution in [3.8, 4) is 11.5 Å². The molecule has 144 valence electrons. The van der Waals surface area contributed by atoms with Gasteiger partial charge in [0.25, 0.3) is 0 Å². The fourth-order valence-electron chi connectivity index (χ4n) is 4.52. The van der Waals surface area contributed by atoms with Crippen LogP contribution in [0.1, 0.15) is 38.5 Å². The maximum absolute atomic E-state index is 10.8. The molecule has 3 unspecified atom stereocenters. The molecule has 3 atom stereocenters. The van der Waals surface area contributed by atoms with Crippen molar-refractivity contribution >= 4 is 35.6 Å². The molecule has 4 rings (SSSR count). The molecule has 1 aromatic carbocycles. The minimum Gasteiger partial charge on any atom is -0.490 e. The Morgan fingerprint density at radius 2 is 2.08 bits per heavy atom. The molecule has 1 heterocycles. The number of rotatable bonds is 4. The summed E-state index contributed by atoms with van der Waals surface area (Å²) in [5.41, 5.74) is 6.30. The van der Waals surface area contributed by atoms with Gasteiger partial charge in [0.2, 0.25) is 0 Å². The highest BCUT2D eigenvalue weighted by Gasteiger charge is 2.49. The summed E-state index contributed by atoms with van der Waals surface area (Å²) in [4.78, 5) is 4.39. The summed E-state index contributed by atoms with van der Waals surface area (Å²) in [6.45, 7) is 1.87. The standard InChI is InChI=1S/C19H27N3O3.HI/c20-18(21-7-6-19(23)12-13-2-3-14(19)10-13)22-15-4-5-16-17(11-15)25-9-1-8-24-16;/h4-5,11,13-14,23H,1-3,6-10,12H2,(H3,20,21,22);1H. The number of nitrogens with zero attached hydrogens (tertiary/aromatic N) is 1. The number of aliphatic hydroxyl groups is 1. The predicted molar refractivity (Wildman–Crippen MR) is 113 cm³/mol. The molecule has 0 radical (unpaired) electrons. The smallest absolute Gasteiger partial charge is 0.193 e. The van der Waals surface area contributed by atoms with Gasteiger partial charge in [-0.2, -0.15) is 0 Å². The Kier molecular flexibility index (Phi) is 6.17. The first-order chi connectivity index (χ1) is 12.1. The SMILES string of the molecule is I.NC(=NCCC1(O)CC2CCC1C2)Nc1ccc2c(c1)OCCCO2. The number of fused-ring (bicyclic) bond motifs is 3. The molecular weight excluding hydrogens is 445 g/mol. The van der Waals surface area contributed by atoms with E-state index in [2.05, 4.69) is 10.3 Å². The highest BCUT2D eigenvalue weighted by atomic mass is 127. The van der Waals surface area contributed by atoms with Crippen LogP contribution in [0.15, 0.2) is 23.2 Å². The van der Waals surface area contributed by atoms with Crippen molar-refractivity contribution in [2.45, 2.75) is 44.1 Å². The van der Waals surface area contributed by atoms with E-state index in [4.69, 9.17) is 15.2 Å². The number of ether oxygens (including phenoxy) is 2. The number of aliphatic imine (C=N–C) groups is 1. The van der Waals surface area contributed by atoms with Crippen LogP contribution in [-0.4, -0.2) is 36.4 Å². The fraction of sp³-hybridized carbons (Fsp3) is 0.632. The molecule has 6 nitrogen and oxygen atoms in total. The molecule has 7 heteroatoms. The first-order valence-corrected chi connectivity index (χ1v) is 9.31. The van der Waals surface area contributed by atoms with Gasteiger partial charge in [-0.3, -0.25) is 4.99 Å². The lowest BCUT2D eigenvalue weighted by Gasteiger charge is -2.31. The van der Waals surface area contributed by atoms with Crippen LogP contribution in [0.3, 0.4) is 0 Å². The number of anilines is 1. The first kappa shape index (κ1) is 19.5. The van der Waals surface area contributed by atoms with E-state index in [1.807, 2.05) is 18.2 Å².